The first-order chi connectivity index (χ1) is 8.56. The number of benzene rings is 1. The van der Waals surface area contributed by atoms with Gasteiger partial charge < -0.3 is 5.32 Å². The minimum atomic E-state index is -0.511. The van der Waals surface area contributed by atoms with Crippen molar-refractivity contribution in [3.63, 3.8) is 0 Å². The maximum absolute atomic E-state index is 13.6. The van der Waals surface area contributed by atoms with Gasteiger partial charge in [-0.1, -0.05) is 15.9 Å². The minimum absolute atomic E-state index is 0.0821. The second-order valence-corrected chi connectivity index (χ2v) is 6.14. The van der Waals surface area contributed by atoms with Crippen LogP contribution in [-0.4, -0.2) is 17.8 Å². The molecule has 98 valence electrons. The Morgan fingerprint density at radius 2 is 2.28 bits per heavy atom. The van der Waals surface area contributed by atoms with Crippen molar-refractivity contribution in [2.45, 2.75) is 24.6 Å². The van der Waals surface area contributed by atoms with Gasteiger partial charge in [0.2, 0.25) is 0 Å². The Balaban J connectivity index is 1.91. The molecule has 2 unspecified atom stereocenters. The van der Waals surface area contributed by atoms with Crippen LogP contribution >= 0.6 is 27.5 Å². The summed E-state index contributed by atoms with van der Waals surface area (Å²) in [5, 5.41) is 2.99. The molecule has 0 bridgehead atoms. The van der Waals surface area contributed by atoms with Crippen molar-refractivity contribution in [1.29, 1.82) is 0 Å². The summed E-state index contributed by atoms with van der Waals surface area (Å²) in [6, 6.07) is 4.43. The van der Waals surface area contributed by atoms with E-state index in [0.29, 0.717) is 16.9 Å². The maximum atomic E-state index is 13.6. The van der Waals surface area contributed by atoms with Gasteiger partial charge in [-0.25, -0.2) is 4.39 Å². The zero-order valence-electron chi connectivity index (χ0n) is 9.76. The molecule has 1 saturated carbocycles. The van der Waals surface area contributed by atoms with Crippen molar-refractivity contribution < 1.29 is 9.18 Å². The van der Waals surface area contributed by atoms with E-state index in [1.807, 2.05) is 0 Å². The molecule has 0 heterocycles. The molecule has 1 N–H and O–H groups in total. The van der Waals surface area contributed by atoms with Crippen LogP contribution in [0.4, 0.5) is 4.39 Å². The number of alkyl halides is 1. The first-order valence-electron chi connectivity index (χ1n) is 5.93. The molecule has 18 heavy (non-hydrogen) atoms. The van der Waals surface area contributed by atoms with Crippen LogP contribution in [0.25, 0.3) is 0 Å². The molecular weight excluding hydrogens is 321 g/mol. The molecule has 2 atom stereocenters. The fourth-order valence-electron chi connectivity index (χ4n) is 2.21. The van der Waals surface area contributed by atoms with Gasteiger partial charge in [0.05, 0.1) is 5.56 Å². The SMILES string of the molecule is O=C(NCC1CCC(Cl)C1)c1ccc(Br)cc1F. The molecular formula is C13H14BrClFNO. The number of rotatable bonds is 3. The molecule has 1 amide bonds. The molecule has 1 aliphatic carbocycles. The normalized spacial score (nSPS) is 23.1. The van der Waals surface area contributed by atoms with Crippen LogP contribution in [0.15, 0.2) is 22.7 Å². The van der Waals surface area contributed by atoms with Gasteiger partial charge in [-0.2, -0.15) is 0 Å². The highest BCUT2D eigenvalue weighted by molar-refractivity contribution is 9.10. The Bertz CT molecular complexity index is 455. The third kappa shape index (κ3) is 3.45. The smallest absolute Gasteiger partial charge is 0.254 e. The second-order valence-electron chi connectivity index (χ2n) is 4.61. The number of amides is 1. The molecule has 1 fully saturated rings. The Morgan fingerprint density at radius 3 is 2.89 bits per heavy atom. The van der Waals surface area contributed by atoms with Crippen molar-refractivity contribution in [1.82, 2.24) is 5.32 Å². The quantitative estimate of drug-likeness (QED) is 0.839. The number of hydrogen-bond acceptors (Lipinski definition) is 1. The van der Waals surface area contributed by atoms with Crippen LogP contribution in [0.3, 0.4) is 0 Å². The molecule has 0 spiro atoms. The summed E-state index contributed by atoms with van der Waals surface area (Å²) in [6.45, 7) is 0.567. The van der Waals surface area contributed by atoms with Crippen molar-refractivity contribution >= 4 is 33.4 Å². The average molecular weight is 335 g/mol. The van der Waals surface area contributed by atoms with Crippen LogP contribution < -0.4 is 5.32 Å². The minimum Gasteiger partial charge on any atom is -0.352 e. The summed E-state index contributed by atoms with van der Waals surface area (Å²) >= 11 is 9.16. The molecule has 2 rings (SSSR count). The van der Waals surface area contributed by atoms with Gasteiger partial charge in [0.1, 0.15) is 5.82 Å². The summed E-state index contributed by atoms with van der Waals surface area (Å²) in [7, 11) is 0. The van der Waals surface area contributed by atoms with Crippen LogP contribution in [0.2, 0.25) is 0 Å². The lowest BCUT2D eigenvalue weighted by atomic mass is 10.1. The van der Waals surface area contributed by atoms with Crippen molar-refractivity contribution in [3.8, 4) is 0 Å². The highest BCUT2D eigenvalue weighted by Crippen LogP contribution is 2.28. The van der Waals surface area contributed by atoms with E-state index in [1.54, 1.807) is 6.07 Å². The van der Waals surface area contributed by atoms with Crippen LogP contribution in [0.1, 0.15) is 29.6 Å². The Kier molecular flexibility index (Phi) is 4.62. The molecule has 5 heteroatoms. The predicted octanol–water partition coefficient (Wildman–Crippen LogP) is 3.73. The van der Waals surface area contributed by atoms with E-state index in [-0.39, 0.29) is 16.8 Å². The molecule has 1 aliphatic rings. The van der Waals surface area contributed by atoms with Gasteiger partial charge in [-0.05, 0) is 43.4 Å². The van der Waals surface area contributed by atoms with Crippen molar-refractivity contribution in [2.75, 3.05) is 6.54 Å². The van der Waals surface area contributed by atoms with Gasteiger partial charge in [-0.15, -0.1) is 11.6 Å². The molecule has 0 saturated heterocycles. The number of carbonyl (C=O) groups excluding carboxylic acids is 1. The first-order valence-corrected chi connectivity index (χ1v) is 7.16. The third-order valence-corrected chi connectivity index (χ3v) is 4.09. The average Bonchev–Trinajstić information content (AvgIpc) is 2.72. The Morgan fingerprint density at radius 1 is 1.50 bits per heavy atom. The van der Waals surface area contributed by atoms with Gasteiger partial charge >= 0.3 is 0 Å². The summed E-state index contributed by atoms with van der Waals surface area (Å²) in [5.41, 5.74) is 0.0821. The molecule has 2 nitrogen and oxygen atoms in total. The molecule has 0 radical (unpaired) electrons. The lowest BCUT2D eigenvalue weighted by Gasteiger charge is -2.11. The second kappa shape index (κ2) is 6.02. The number of halogens is 3. The zero-order chi connectivity index (χ0) is 13.1. The Hall–Kier alpha value is -0.610. The highest BCUT2D eigenvalue weighted by atomic mass is 79.9. The number of carbonyl (C=O) groups is 1. The summed E-state index contributed by atoms with van der Waals surface area (Å²) < 4.78 is 14.2. The zero-order valence-corrected chi connectivity index (χ0v) is 12.1. The van der Waals surface area contributed by atoms with Crippen LogP contribution in [0.5, 0.6) is 0 Å². The lowest BCUT2D eigenvalue weighted by Crippen LogP contribution is -2.29. The lowest BCUT2D eigenvalue weighted by molar-refractivity contribution is 0.0943. The van der Waals surface area contributed by atoms with E-state index in [9.17, 15) is 9.18 Å². The summed E-state index contributed by atoms with van der Waals surface area (Å²) in [6.07, 6.45) is 2.94. The number of hydrogen-bond donors (Lipinski definition) is 1. The molecule has 0 aliphatic heterocycles. The van der Waals surface area contributed by atoms with Gasteiger partial charge in [0.15, 0.2) is 0 Å². The fourth-order valence-corrected chi connectivity index (χ4v) is 2.92. The topological polar surface area (TPSA) is 29.1 Å². The molecule has 1 aromatic carbocycles. The van der Waals surface area contributed by atoms with E-state index >= 15 is 0 Å². The highest BCUT2D eigenvalue weighted by Gasteiger charge is 2.23. The van der Waals surface area contributed by atoms with Crippen LogP contribution in [-0.2, 0) is 0 Å². The Labute approximate surface area is 119 Å². The van der Waals surface area contributed by atoms with Crippen molar-refractivity contribution in [3.05, 3.63) is 34.1 Å². The largest absolute Gasteiger partial charge is 0.352 e. The van der Waals surface area contributed by atoms with Gasteiger partial charge in [0, 0.05) is 16.4 Å². The first kappa shape index (κ1) is 13.8. The van der Waals surface area contributed by atoms with Gasteiger partial charge in [0.25, 0.3) is 5.91 Å². The van der Waals surface area contributed by atoms with E-state index in [0.717, 1.165) is 19.3 Å². The predicted molar refractivity (Wildman–Crippen MR) is 73.4 cm³/mol. The van der Waals surface area contributed by atoms with E-state index in [4.69, 9.17) is 11.6 Å². The third-order valence-electron chi connectivity index (χ3n) is 3.20. The molecule has 1 aromatic rings. The fraction of sp³-hybridized carbons (Fsp3) is 0.462. The summed E-state index contributed by atoms with van der Waals surface area (Å²) in [4.78, 5) is 11.8. The molecule has 0 aromatic heterocycles. The van der Waals surface area contributed by atoms with E-state index in [1.165, 1.54) is 12.1 Å². The van der Waals surface area contributed by atoms with Crippen molar-refractivity contribution in [2.24, 2.45) is 5.92 Å². The van der Waals surface area contributed by atoms with Gasteiger partial charge in [-0.3, -0.25) is 4.79 Å². The maximum Gasteiger partial charge on any atom is 0.254 e. The summed E-state index contributed by atoms with van der Waals surface area (Å²) in [5.74, 6) is -0.462. The number of nitrogens with one attached hydrogen (secondary N) is 1. The monoisotopic (exact) mass is 333 g/mol. The van der Waals surface area contributed by atoms with E-state index in [2.05, 4.69) is 21.2 Å². The standard InChI is InChI=1S/C13H14BrClFNO/c14-9-2-4-11(12(16)6-9)13(18)17-7-8-1-3-10(15)5-8/h2,4,6,8,10H,1,3,5,7H2,(H,17,18). The van der Waals surface area contributed by atoms with Crippen LogP contribution in [0, 0.1) is 11.7 Å². The van der Waals surface area contributed by atoms with E-state index < -0.39 is 5.82 Å².